The van der Waals surface area contributed by atoms with E-state index in [2.05, 4.69) is 36.1 Å². The quantitative estimate of drug-likeness (QED) is 0.710. The number of rotatable bonds is 2. The summed E-state index contributed by atoms with van der Waals surface area (Å²) in [4.78, 5) is 18.9. The number of alkyl halides is 3. The second-order valence-electron chi connectivity index (χ2n) is 4.05. The Morgan fingerprint density at radius 1 is 1.35 bits per heavy atom. The average Bonchev–Trinajstić information content (AvgIpc) is 2.93. The Bertz CT molecular complexity index is 847. The van der Waals surface area contributed by atoms with E-state index in [1.54, 1.807) is 0 Å². The van der Waals surface area contributed by atoms with E-state index in [0.29, 0.717) is 10.3 Å². The lowest BCUT2D eigenvalue weighted by atomic mass is 10.4. The molecule has 0 saturated carbocycles. The number of nitrogens with one attached hydrogen (secondary N) is 1. The van der Waals surface area contributed by atoms with Gasteiger partial charge in [-0.3, -0.25) is 4.57 Å². The molecule has 11 heteroatoms. The van der Waals surface area contributed by atoms with Crippen LogP contribution in [0.3, 0.4) is 0 Å². The summed E-state index contributed by atoms with van der Waals surface area (Å²) >= 11 is 3.09. The molecule has 106 valence electrons. The molecule has 0 aliphatic heterocycles. The summed E-state index contributed by atoms with van der Waals surface area (Å²) in [5.74, 6) is 0. The predicted octanol–water partition coefficient (Wildman–Crippen LogP) is 1.48. The number of aromatic amines is 1. The van der Waals surface area contributed by atoms with Crippen LogP contribution in [0.1, 0.15) is 6.42 Å². The normalized spacial score (nSPS) is 12.6. The standard InChI is InChI=1S/C9H6BrF3N6O/c10-7-15-4-5(16-7)18(2-1-9(11,12)13)8(20)19-3-14-17-6(4)19/h3H,1-2H2,(H,15,16). The molecule has 3 rings (SSSR count). The molecule has 3 aromatic rings. The van der Waals surface area contributed by atoms with Gasteiger partial charge in [-0.2, -0.15) is 13.2 Å². The molecule has 0 spiro atoms. The molecule has 3 heterocycles. The molecule has 0 amide bonds. The minimum absolute atomic E-state index is 0.103. The zero-order valence-corrected chi connectivity index (χ0v) is 11.2. The molecule has 0 bridgehead atoms. The van der Waals surface area contributed by atoms with E-state index in [1.807, 2.05) is 0 Å². The van der Waals surface area contributed by atoms with Crippen LogP contribution >= 0.6 is 15.9 Å². The first-order valence-electron chi connectivity index (χ1n) is 5.41. The number of nitrogens with zero attached hydrogens (tertiary/aromatic N) is 5. The maximum absolute atomic E-state index is 12.3. The summed E-state index contributed by atoms with van der Waals surface area (Å²) in [5.41, 5.74) is -0.00465. The molecule has 3 aromatic heterocycles. The smallest absolute Gasteiger partial charge is 0.328 e. The van der Waals surface area contributed by atoms with E-state index in [4.69, 9.17) is 0 Å². The molecule has 0 saturated heterocycles. The van der Waals surface area contributed by atoms with Crippen LogP contribution in [0.2, 0.25) is 0 Å². The van der Waals surface area contributed by atoms with Crippen LogP contribution in [-0.2, 0) is 6.54 Å². The Labute approximate surface area is 116 Å². The fraction of sp³-hybridized carbons (Fsp3) is 0.333. The van der Waals surface area contributed by atoms with Crippen LogP contribution in [0.15, 0.2) is 15.9 Å². The number of hydrogen-bond donors (Lipinski definition) is 1. The highest BCUT2D eigenvalue weighted by Gasteiger charge is 2.28. The lowest BCUT2D eigenvalue weighted by Crippen LogP contribution is -2.28. The highest BCUT2D eigenvalue weighted by molar-refractivity contribution is 9.10. The first kappa shape index (κ1) is 13.1. The zero-order valence-electron chi connectivity index (χ0n) is 9.65. The Hall–Kier alpha value is -1.91. The lowest BCUT2D eigenvalue weighted by Gasteiger charge is -2.09. The van der Waals surface area contributed by atoms with Crippen LogP contribution in [0.25, 0.3) is 16.8 Å². The molecular weight excluding hydrogens is 345 g/mol. The van der Waals surface area contributed by atoms with Crippen molar-refractivity contribution in [3.63, 3.8) is 0 Å². The number of aromatic nitrogens is 6. The van der Waals surface area contributed by atoms with Gasteiger partial charge in [0.2, 0.25) is 0 Å². The van der Waals surface area contributed by atoms with E-state index in [9.17, 15) is 18.0 Å². The summed E-state index contributed by atoms with van der Waals surface area (Å²) in [6, 6.07) is 0. The average molecular weight is 351 g/mol. The van der Waals surface area contributed by atoms with Gasteiger partial charge in [0.05, 0.1) is 6.42 Å². The van der Waals surface area contributed by atoms with E-state index < -0.39 is 24.8 Å². The first-order valence-corrected chi connectivity index (χ1v) is 6.20. The Morgan fingerprint density at radius 2 is 2.10 bits per heavy atom. The number of hydrogen-bond acceptors (Lipinski definition) is 4. The summed E-state index contributed by atoms with van der Waals surface area (Å²) < 4.78 is 39.4. The predicted molar refractivity (Wildman–Crippen MR) is 65.3 cm³/mol. The van der Waals surface area contributed by atoms with Crippen molar-refractivity contribution in [1.29, 1.82) is 0 Å². The monoisotopic (exact) mass is 350 g/mol. The van der Waals surface area contributed by atoms with E-state index in [1.165, 1.54) is 0 Å². The van der Waals surface area contributed by atoms with Crippen molar-refractivity contribution in [2.45, 2.75) is 19.1 Å². The second kappa shape index (κ2) is 4.30. The van der Waals surface area contributed by atoms with E-state index in [-0.39, 0.29) is 11.3 Å². The van der Waals surface area contributed by atoms with Gasteiger partial charge in [0.1, 0.15) is 11.8 Å². The third kappa shape index (κ3) is 2.07. The Kier molecular flexibility index (Phi) is 2.81. The molecule has 0 radical (unpaired) electrons. The van der Waals surface area contributed by atoms with Crippen molar-refractivity contribution in [3.05, 3.63) is 21.5 Å². The molecule has 7 nitrogen and oxygen atoms in total. The van der Waals surface area contributed by atoms with Gasteiger partial charge in [-0.1, -0.05) is 0 Å². The fourth-order valence-corrected chi connectivity index (χ4v) is 2.26. The minimum Gasteiger partial charge on any atom is -0.328 e. The van der Waals surface area contributed by atoms with Crippen molar-refractivity contribution < 1.29 is 13.2 Å². The molecule has 0 atom stereocenters. The lowest BCUT2D eigenvalue weighted by molar-refractivity contribution is -0.136. The van der Waals surface area contributed by atoms with Crippen molar-refractivity contribution >= 4 is 32.7 Å². The number of aryl methyl sites for hydroxylation is 1. The second-order valence-corrected chi connectivity index (χ2v) is 4.80. The van der Waals surface area contributed by atoms with Crippen LogP contribution in [0.4, 0.5) is 13.2 Å². The van der Waals surface area contributed by atoms with E-state index >= 15 is 0 Å². The summed E-state index contributed by atoms with van der Waals surface area (Å²) in [6.45, 7) is -0.524. The summed E-state index contributed by atoms with van der Waals surface area (Å²) in [5, 5.41) is 7.34. The highest BCUT2D eigenvalue weighted by Crippen LogP contribution is 2.22. The number of H-pyrrole nitrogens is 1. The summed E-state index contributed by atoms with van der Waals surface area (Å²) in [7, 11) is 0. The van der Waals surface area contributed by atoms with Gasteiger partial charge < -0.3 is 4.98 Å². The number of imidazole rings is 1. The molecule has 0 aliphatic rings. The van der Waals surface area contributed by atoms with Gasteiger partial charge in [-0.25, -0.2) is 14.2 Å². The van der Waals surface area contributed by atoms with Crippen LogP contribution in [0.5, 0.6) is 0 Å². The Morgan fingerprint density at radius 3 is 2.80 bits per heavy atom. The maximum Gasteiger partial charge on any atom is 0.390 e. The SMILES string of the molecule is O=c1n(CCC(F)(F)F)c2nc(Br)[nH]c2c2nncn12. The van der Waals surface area contributed by atoms with Crippen LogP contribution in [0, 0.1) is 0 Å². The number of halogens is 4. The van der Waals surface area contributed by atoms with Crippen molar-refractivity contribution in [3.8, 4) is 0 Å². The molecular formula is C9H6BrF3N6O. The van der Waals surface area contributed by atoms with Crippen molar-refractivity contribution in [1.82, 2.24) is 29.1 Å². The zero-order chi connectivity index (χ0) is 14.5. The third-order valence-corrected chi connectivity index (χ3v) is 3.11. The van der Waals surface area contributed by atoms with Crippen molar-refractivity contribution in [2.75, 3.05) is 0 Å². The topological polar surface area (TPSA) is 80.9 Å². The maximum atomic E-state index is 12.3. The van der Waals surface area contributed by atoms with Crippen LogP contribution < -0.4 is 5.69 Å². The van der Waals surface area contributed by atoms with Gasteiger partial charge in [-0.15, -0.1) is 10.2 Å². The third-order valence-electron chi connectivity index (χ3n) is 2.74. The first-order chi connectivity index (χ1) is 9.37. The van der Waals surface area contributed by atoms with Gasteiger partial charge in [0.25, 0.3) is 0 Å². The van der Waals surface area contributed by atoms with Gasteiger partial charge in [0.15, 0.2) is 16.0 Å². The molecule has 0 fully saturated rings. The highest BCUT2D eigenvalue weighted by atomic mass is 79.9. The Balaban J connectivity index is 2.26. The fourth-order valence-electron chi connectivity index (χ4n) is 1.89. The minimum atomic E-state index is -4.36. The molecule has 0 aliphatic carbocycles. The van der Waals surface area contributed by atoms with Gasteiger partial charge >= 0.3 is 11.9 Å². The van der Waals surface area contributed by atoms with Gasteiger partial charge in [-0.05, 0) is 15.9 Å². The van der Waals surface area contributed by atoms with Gasteiger partial charge in [0, 0.05) is 6.54 Å². The largest absolute Gasteiger partial charge is 0.390 e. The molecule has 0 unspecified atom stereocenters. The molecule has 20 heavy (non-hydrogen) atoms. The van der Waals surface area contributed by atoms with E-state index in [0.717, 1.165) is 15.3 Å². The van der Waals surface area contributed by atoms with Crippen molar-refractivity contribution in [2.24, 2.45) is 0 Å². The number of fused-ring (bicyclic) bond motifs is 3. The summed E-state index contributed by atoms with van der Waals surface area (Å²) in [6.07, 6.45) is -4.34. The van der Waals surface area contributed by atoms with Crippen LogP contribution in [-0.4, -0.2) is 35.3 Å². The molecule has 1 N–H and O–H groups in total. The molecule has 0 aromatic carbocycles.